The van der Waals surface area contributed by atoms with Crippen molar-refractivity contribution in [3.63, 3.8) is 0 Å². The Kier molecular flexibility index (Phi) is 5.13. The molecule has 32 heavy (non-hydrogen) atoms. The summed E-state index contributed by atoms with van der Waals surface area (Å²) in [5.74, 6) is -0.597. The van der Waals surface area contributed by atoms with Crippen LogP contribution in [0.2, 0.25) is 0 Å². The number of aryl methyl sites for hydroxylation is 2. The van der Waals surface area contributed by atoms with Crippen LogP contribution < -0.4 is 4.90 Å². The molecule has 4 heterocycles. The average Bonchev–Trinajstić information content (AvgIpc) is 3.25. The quantitative estimate of drug-likeness (QED) is 0.445. The lowest BCUT2D eigenvalue weighted by Crippen LogP contribution is -2.39. The highest BCUT2D eigenvalue weighted by Crippen LogP contribution is 2.35. The standard InChI is InChI=1S/C23H22N4O4S/c1-13-14(2)32-20-18(13)19(24-11-25-20)26-9-7-15(8-10-26)23(30)31-12-27-21(28)16-5-3-4-6-17(16)22(27)29/h3-6,11,15H,7-10,12H2,1-2H3. The van der Waals surface area contributed by atoms with Crippen molar-refractivity contribution in [2.75, 3.05) is 24.7 Å². The lowest BCUT2D eigenvalue weighted by molar-refractivity contribution is -0.151. The number of carbonyl (C=O) groups is 3. The van der Waals surface area contributed by atoms with E-state index in [9.17, 15) is 14.4 Å². The molecule has 3 aromatic rings. The van der Waals surface area contributed by atoms with Gasteiger partial charge in [0.25, 0.3) is 11.8 Å². The van der Waals surface area contributed by atoms with Crippen LogP contribution in [0.15, 0.2) is 30.6 Å². The molecule has 1 saturated heterocycles. The zero-order valence-corrected chi connectivity index (χ0v) is 18.6. The van der Waals surface area contributed by atoms with Crippen molar-refractivity contribution in [2.45, 2.75) is 26.7 Å². The zero-order valence-electron chi connectivity index (χ0n) is 17.8. The van der Waals surface area contributed by atoms with Gasteiger partial charge in [0, 0.05) is 18.0 Å². The van der Waals surface area contributed by atoms with E-state index in [1.54, 1.807) is 41.9 Å². The molecule has 0 unspecified atom stereocenters. The van der Waals surface area contributed by atoms with Crippen LogP contribution in [0.5, 0.6) is 0 Å². The van der Waals surface area contributed by atoms with Gasteiger partial charge in [-0.1, -0.05) is 12.1 Å². The van der Waals surface area contributed by atoms with Gasteiger partial charge >= 0.3 is 5.97 Å². The topological polar surface area (TPSA) is 92.7 Å². The Balaban J connectivity index is 1.21. The molecule has 8 nitrogen and oxygen atoms in total. The molecule has 164 valence electrons. The molecule has 2 aliphatic rings. The molecule has 9 heteroatoms. The van der Waals surface area contributed by atoms with E-state index in [0.29, 0.717) is 37.1 Å². The minimum atomic E-state index is -0.428. The molecular weight excluding hydrogens is 428 g/mol. The van der Waals surface area contributed by atoms with Crippen molar-refractivity contribution in [1.29, 1.82) is 0 Å². The molecule has 0 radical (unpaired) electrons. The summed E-state index contributed by atoms with van der Waals surface area (Å²) < 4.78 is 5.37. The fourth-order valence-corrected chi connectivity index (χ4v) is 5.32. The first-order valence-electron chi connectivity index (χ1n) is 10.5. The smallest absolute Gasteiger partial charge is 0.310 e. The van der Waals surface area contributed by atoms with Gasteiger partial charge in [0.15, 0.2) is 6.73 Å². The number of thiophene rings is 1. The Labute approximate surface area is 188 Å². The van der Waals surface area contributed by atoms with Crippen molar-refractivity contribution >= 4 is 45.2 Å². The number of amides is 2. The van der Waals surface area contributed by atoms with Crippen LogP contribution in [-0.4, -0.2) is 52.5 Å². The second-order valence-electron chi connectivity index (χ2n) is 8.10. The van der Waals surface area contributed by atoms with E-state index in [1.165, 1.54) is 10.4 Å². The number of imide groups is 1. The molecule has 5 rings (SSSR count). The summed E-state index contributed by atoms with van der Waals surface area (Å²) in [6.07, 6.45) is 2.83. The van der Waals surface area contributed by atoms with Gasteiger partial charge in [-0.2, -0.15) is 0 Å². The number of hydrogen-bond donors (Lipinski definition) is 0. The van der Waals surface area contributed by atoms with Crippen molar-refractivity contribution in [1.82, 2.24) is 14.9 Å². The molecule has 0 saturated carbocycles. The summed E-state index contributed by atoms with van der Waals surface area (Å²) >= 11 is 1.67. The highest BCUT2D eigenvalue weighted by atomic mass is 32.1. The van der Waals surface area contributed by atoms with Crippen molar-refractivity contribution in [3.8, 4) is 0 Å². The lowest BCUT2D eigenvalue weighted by atomic mass is 9.97. The molecule has 2 amide bonds. The van der Waals surface area contributed by atoms with Crippen LogP contribution in [0, 0.1) is 19.8 Å². The highest BCUT2D eigenvalue weighted by Gasteiger charge is 2.36. The summed E-state index contributed by atoms with van der Waals surface area (Å²) in [7, 11) is 0. The maximum atomic E-state index is 12.6. The molecule has 2 aliphatic heterocycles. The van der Waals surface area contributed by atoms with E-state index in [-0.39, 0.29) is 18.6 Å². The van der Waals surface area contributed by atoms with E-state index in [2.05, 4.69) is 28.7 Å². The van der Waals surface area contributed by atoms with E-state index < -0.39 is 11.8 Å². The third-order valence-corrected chi connectivity index (χ3v) is 7.40. The van der Waals surface area contributed by atoms with Gasteiger partial charge in [0.1, 0.15) is 17.0 Å². The predicted molar refractivity (Wildman–Crippen MR) is 120 cm³/mol. The Hall–Kier alpha value is -3.33. The molecule has 2 aromatic heterocycles. The number of rotatable bonds is 4. The normalized spacial score (nSPS) is 16.7. The van der Waals surface area contributed by atoms with Crippen molar-refractivity contribution in [2.24, 2.45) is 5.92 Å². The molecule has 0 spiro atoms. The van der Waals surface area contributed by atoms with Crippen LogP contribution in [-0.2, 0) is 9.53 Å². The van der Waals surface area contributed by atoms with E-state index in [1.807, 2.05) is 0 Å². The summed E-state index contributed by atoms with van der Waals surface area (Å²) in [5, 5.41) is 1.08. The van der Waals surface area contributed by atoms with Crippen molar-refractivity contribution in [3.05, 3.63) is 52.2 Å². The third kappa shape index (κ3) is 3.33. The molecule has 0 aliphatic carbocycles. The molecule has 0 N–H and O–H groups in total. The summed E-state index contributed by atoms with van der Waals surface area (Å²) in [6, 6.07) is 6.62. The predicted octanol–water partition coefficient (Wildman–Crippen LogP) is 3.32. The Morgan fingerprint density at radius 3 is 2.41 bits per heavy atom. The van der Waals surface area contributed by atoms with Gasteiger partial charge < -0.3 is 9.64 Å². The van der Waals surface area contributed by atoms with Crippen LogP contribution >= 0.6 is 11.3 Å². The number of carbonyl (C=O) groups excluding carboxylic acids is 3. The second-order valence-corrected chi connectivity index (χ2v) is 9.30. The number of hydrogen-bond acceptors (Lipinski definition) is 8. The number of fused-ring (bicyclic) bond motifs is 2. The summed E-state index contributed by atoms with van der Waals surface area (Å²) in [6.45, 7) is 5.16. The summed E-state index contributed by atoms with van der Waals surface area (Å²) in [4.78, 5) is 51.8. The van der Waals surface area contributed by atoms with E-state index >= 15 is 0 Å². The van der Waals surface area contributed by atoms with Crippen LogP contribution in [0.4, 0.5) is 5.82 Å². The Bertz CT molecular complexity index is 1210. The van der Waals surface area contributed by atoms with Gasteiger partial charge in [-0.25, -0.2) is 14.9 Å². The van der Waals surface area contributed by atoms with Crippen LogP contribution in [0.3, 0.4) is 0 Å². The van der Waals surface area contributed by atoms with Crippen LogP contribution in [0.1, 0.15) is 44.0 Å². The Morgan fingerprint density at radius 1 is 1.09 bits per heavy atom. The van der Waals surface area contributed by atoms with Gasteiger partial charge in [-0.3, -0.25) is 14.4 Å². The van der Waals surface area contributed by atoms with E-state index in [0.717, 1.165) is 20.9 Å². The first-order chi connectivity index (χ1) is 15.5. The Morgan fingerprint density at radius 2 is 1.75 bits per heavy atom. The number of piperidine rings is 1. The number of aromatic nitrogens is 2. The number of benzene rings is 1. The molecule has 1 aromatic carbocycles. The minimum absolute atomic E-state index is 0.274. The zero-order chi connectivity index (χ0) is 22.4. The van der Waals surface area contributed by atoms with Gasteiger partial charge in [0.2, 0.25) is 0 Å². The average molecular weight is 451 g/mol. The number of ether oxygens (including phenoxy) is 1. The second kappa shape index (κ2) is 7.98. The van der Waals surface area contributed by atoms with Gasteiger partial charge in [-0.15, -0.1) is 11.3 Å². The SMILES string of the molecule is Cc1sc2ncnc(N3CCC(C(=O)OCN4C(=O)c5ccccc5C4=O)CC3)c2c1C. The van der Waals surface area contributed by atoms with Gasteiger partial charge in [0.05, 0.1) is 22.4 Å². The molecule has 1 fully saturated rings. The number of anilines is 1. The maximum absolute atomic E-state index is 12.6. The number of nitrogens with zero attached hydrogens (tertiary/aromatic N) is 4. The lowest BCUT2D eigenvalue weighted by Gasteiger charge is -2.32. The van der Waals surface area contributed by atoms with Crippen LogP contribution in [0.25, 0.3) is 10.2 Å². The first-order valence-corrected chi connectivity index (χ1v) is 11.3. The van der Waals surface area contributed by atoms with Crippen molar-refractivity contribution < 1.29 is 19.1 Å². The molecule has 0 atom stereocenters. The fraction of sp³-hybridized carbons (Fsp3) is 0.348. The van der Waals surface area contributed by atoms with E-state index in [4.69, 9.17) is 4.74 Å². The fourth-order valence-electron chi connectivity index (χ4n) is 4.33. The molecule has 0 bridgehead atoms. The largest absolute Gasteiger partial charge is 0.443 e. The summed E-state index contributed by atoms with van der Waals surface area (Å²) in [5.41, 5.74) is 1.89. The highest BCUT2D eigenvalue weighted by molar-refractivity contribution is 7.18. The minimum Gasteiger partial charge on any atom is -0.443 e. The first kappa shape index (κ1) is 20.6. The maximum Gasteiger partial charge on any atom is 0.310 e. The van der Waals surface area contributed by atoms with Gasteiger partial charge in [-0.05, 0) is 44.4 Å². The number of esters is 1. The monoisotopic (exact) mass is 450 g/mol. The third-order valence-electron chi connectivity index (χ3n) is 6.29. The molecular formula is C23H22N4O4S.